The highest BCUT2D eigenvalue weighted by molar-refractivity contribution is 7.99. The second kappa shape index (κ2) is 8.91. The molecule has 1 amide bonds. The average Bonchev–Trinajstić information content (AvgIpc) is 2.70. The predicted octanol–water partition coefficient (Wildman–Crippen LogP) is 3.49. The minimum atomic E-state index is -1.07. The monoisotopic (exact) mass is 392 g/mol. The highest BCUT2D eigenvalue weighted by Gasteiger charge is 2.37. The molecule has 0 saturated heterocycles. The maximum absolute atomic E-state index is 13.0. The van der Waals surface area contributed by atoms with Crippen LogP contribution in [-0.4, -0.2) is 37.3 Å². The molecule has 0 aromatic heterocycles. The van der Waals surface area contributed by atoms with Crippen LogP contribution in [0.1, 0.15) is 21.9 Å². The molecule has 3 rings (SSSR count). The zero-order valence-corrected chi connectivity index (χ0v) is 16.9. The number of amides is 1. The van der Waals surface area contributed by atoms with Crippen LogP contribution in [0.2, 0.25) is 0 Å². The Morgan fingerprint density at radius 3 is 2.42 bits per heavy atom. The minimum Gasteiger partial charge on any atom is -0.382 e. The first-order valence-corrected chi connectivity index (χ1v) is 9.37. The Hall–Kier alpha value is -1.53. The number of carbonyl (C=O) groups is 1. The van der Waals surface area contributed by atoms with Gasteiger partial charge in [0.2, 0.25) is 0 Å². The Balaban J connectivity index is 0.00000243. The molecule has 26 heavy (non-hydrogen) atoms. The van der Waals surface area contributed by atoms with Crippen LogP contribution in [0.3, 0.4) is 0 Å². The number of likely N-dealkylation sites (N-methyl/N-ethyl adjacent to an activating group) is 1. The van der Waals surface area contributed by atoms with E-state index < -0.39 is 6.10 Å². The molecule has 2 aromatic rings. The maximum Gasteiger partial charge on any atom is 0.257 e. The number of nitrogens with zero attached hydrogens (tertiary/aromatic N) is 1. The van der Waals surface area contributed by atoms with Crippen molar-refractivity contribution in [3.8, 4) is 0 Å². The summed E-state index contributed by atoms with van der Waals surface area (Å²) in [6, 6.07) is 14.1. The van der Waals surface area contributed by atoms with Gasteiger partial charge in [0.05, 0.1) is 10.9 Å². The molecule has 2 unspecified atom stereocenters. The van der Waals surface area contributed by atoms with E-state index in [1.54, 1.807) is 16.7 Å². The molecule has 2 N–H and O–H groups in total. The number of hydrogen-bond donors (Lipinski definition) is 2. The van der Waals surface area contributed by atoms with E-state index >= 15 is 0 Å². The molecule has 2 aromatic carbocycles. The summed E-state index contributed by atoms with van der Waals surface area (Å²) in [5.41, 5.74) is 4.16. The van der Waals surface area contributed by atoms with Gasteiger partial charge in [-0.3, -0.25) is 4.79 Å². The molecular weight excluding hydrogens is 368 g/mol. The first kappa shape index (κ1) is 20.8. The molecule has 0 spiro atoms. The minimum absolute atomic E-state index is 0. The van der Waals surface area contributed by atoms with Gasteiger partial charge in [-0.2, -0.15) is 0 Å². The van der Waals surface area contributed by atoms with Crippen LogP contribution < -0.4 is 10.2 Å². The number of thioether (sulfide) groups is 1. The number of carbonyl (C=O) groups excluding carboxylic acids is 1. The first-order valence-electron chi connectivity index (χ1n) is 8.49. The summed E-state index contributed by atoms with van der Waals surface area (Å²) in [5.74, 6) is -0.240. The largest absolute Gasteiger partial charge is 0.382 e. The van der Waals surface area contributed by atoms with Gasteiger partial charge >= 0.3 is 0 Å². The second-order valence-electron chi connectivity index (χ2n) is 6.46. The van der Waals surface area contributed by atoms with Crippen molar-refractivity contribution in [2.75, 3.05) is 25.0 Å². The van der Waals surface area contributed by atoms with Crippen molar-refractivity contribution >= 4 is 35.8 Å². The number of rotatable bonds is 4. The molecule has 0 radical (unpaired) electrons. The molecule has 0 aliphatic carbocycles. The molecule has 1 aliphatic heterocycles. The summed E-state index contributed by atoms with van der Waals surface area (Å²) in [6.07, 6.45) is -1.07. The number of aliphatic hydroxyl groups excluding tert-OH is 1. The number of nitrogens with one attached hydrogen (secondary N) is 1. The average molecular weight is 393 g/mol. The standard InChI is InChI=1S/C20H24N2O2S.ClH/c1-13-4-7-15(8-5-13)19-18(23)20(24)22(11-10-21-3)16-9-6-14(2)12-17(16)25-19;/h4-9,12,18-19,21,23H,10-11H2,1-3H3;1H. The van der Waals surface area contributed by atoms with E-state index in [-0.39, 0.29) is 23.6 Å². The van der Waals surface area contributed by atoms with Crippen molar-refractivity contribution in [1.82, 2.24) is 5.32 Å². The van der Waals surface area contributed by atoms with Crippen LogP contribution in [-0.2, 0) is 4.79 Å². The van der Waals surface area contributed by atoms with E-state index in [0.717, 1.165) is 27.3 Å². The third-order valence-corrected chi connectivity index (χ3v) is 5.82. The number of hydrogen-bond acceptors (Lipinski definition) is 4. The number of aliphatic hydroxyl groups is 1. The second-order valence-corrected chi connectivity index (χ2v) is 7.64. The van der Waals surface area contributed by atoms with Crippen molar-refractivity contribution < 1.29 is 9.90 Å². The molecule has 6 heteroatoms. The topological polar surface area (TPSA) is 52.6 Å². The van der Waals surface area contributed by atoms with E-state index in [1.807, 2.05) is 57.3 Å². The van der Waals surface area contributed by atoms with Gasteiger partial charge in [0, 0.05) is 18.0 Å². The lowest BCUT2D eigenvalue weighted by Crippen LogP contribution is -2.43. The summed E-state index contributed by atoms with van der Waals surface area (Å²) in [5, 5.41) is 13.6. The highest BCUT2D eigenvalue weighted by atomic mass is 35.5. The Morgan fingerprint density at radius 1 is 1.12 bits per heavy atom. The summed E-state index contributed by atoms with van der Waals surface area (Å²) in [7, 11) is 1.86. The van der Waals surface area contributed by atoms with Crippen LogP contribution in [0.5, 0.6) is 0 Å². The van der Waals surface area contributed by atoms with Crippen LogP contribution in [0.4, 0.5) is 5.69 Å². The number of benzene rings is 2. The number of halogens is 1. The summed E-state index contributed by atoms with van der Waals surface area (Å²) < 4.78 is 0. The molecule has 0 saturated carbocycles. The normalized spacial score (nSPS) is 19.5. The lowest BCUT2D eigenvalue weighted by Gasteiger charge is -2.25. The Bertz CT molecular complexity index is 767. The van der Waals surface area contributed by atoms with Crippen LogP contribution >= 0.6 is 24.2 Å². The van der Waals surface area contributed by atoms with Gasteiger partial charge in [-0.15, -0.1) is 24.2 Å². The SMILES string of the molecule is CNCCN1C(=O)C(O)C(c2ccc(C)cc2)Sc2cc(C)ccc21.Cl. The number of anilines is 1. The maximum atomic E-state index is 13.0. The molecule has 0 bridgehead atoms. The van der Waals surface area contributed by atoms with Crippen LogP contribution in [0, 0.1) is 13.8 Å². The summed E-state index contributed by atoms with van der Waals surface area (Å²) in [4.78, 5) is 15.7. The fraction of sp³-hybridized carbons (Fsp3) is 0.350. The molecule has 0 fully saturated rings. The Labute approximate surface area is 165 Å². The lowest BCUT2D eigenvalue weighted by molar-refractivity contribution is -0.126. The molecule has 140 valence electrons. The van der Waals surface area contributed by atoms with E-state index in [2.05, 4.69) is 11.4 Å². The lowest BCUT2D eigenvalue weighted by atomic mass is 10.0. The first-order chi connectivity index (χ1) is 12.0. The van der Waals surface area contributed by atoms with Crippen molar-refractivity contribution in [2.45, 2.75) is 30.1 Å². The van der Waals surface area contributed by atoms with Crippen molar-refractivity contribution in [3.63, 3.8) is 0 Å². The van der Waals surface area contributed by atoms with Crippen LogP contribution in [0.25, 0.3) is 0 Å². The van der Waals surface area contributed by atoms with Crippen LogP contribution in [0.15, 0.2) is 47.4 Å². The van der Waals surface area contributed by atoms with Gasteiger partial charge in [0.1, 0.15) is 6.10 Å². The zero-order valence-electron chi connectivity index (χ0n) is 15.2. The number of fused-ring (bicyclic) bond motifs is 1. The smallest absolute Gasteiger partial charge is 0.257 e. The Kier molecular flexibility index (Phi) is 7.12. The van der Waals surface area contributed by atoms with Gasteiger partial charge in [-0.25, -0.2) is 0 Å². The number of aryl methyl sites for hydroxylation is 2. The summed E-state index contributed by atoms with van der Waals surface area (Å²) in [6.45, 7) is 5.28. The van der Waals surface area contributed by atoms with E-state index in [1.165, 1.54) is 0 Å². The predicted molar refractivity (Wildman–Crippen MR) is 110 cm³/mol. The fourth-order valence-electron chi connectivity index (χ4n) is 3.01. The van der Waals surface area contributed by atoms with E-state index in [9.17, 15) is 9.90 Å². The zero-order chi connectivity index (χ0) is 18.0. The quantitative estimate of drug-likeness (QED) is 0.836. The van der Waals surface area contributed by atoms with Gasteiger partial charge < -0.3 is 15.3 Å². The third-order valence-electron chi connectivity index (χ3n) is 4.46. The third kappa shape index (κ3) is 4.23. The highest BCUT2D eigenvalue weighted by Crippen LogP contribution is 2.46. The van der Waals surface area contributed by atoms with Crippen molar-refractivity contribution in [3.05, 3.63) is 59.2 Å². The molecule has 2 atom stereocenters. The van der Waals surface area contributed by atoms with Gasteiger partial charge in [0.15, 0.2) is 0 Å². The van der Waals surface area contributed by atoms with E-state index in [4.69, 9.17) is 0 Å². The van der Waals surface area contributed by atoms with Gasteiger partial charge in [-0.05, 0) is 44.2 Å². The van der Waals surface area contributed by atoms with Crippen molar-refractivity contribution in [2.24, 2.45) is 0 Å². The molecular formula is C20H25ClN2O2S. The summed E-state index contributed by atoms with van der Waals surface area (Å²) >= 11 is 1.57. The molecule has 1 heterocycles. The molecule has 4 nitrogen and oxygen atoms in total. The fourth-order valence-corrected chi connectivity index (χ4v) is 4.37. The van der Waals surface area contributed by atoms with Gasteiger partial charge in [0.25, 0.3) is 5.91 Å². The van der Waals surface area contributed by atoms with Crippen molar-refractivity contribution in [1.29, 1.82) is 0 Å². The van der Waals surface area contributed by atoms with Gasteiger partial charge in [-0.1, -0.05) is 35.9 Å². The molecule has 1 aliphatic rings. The van der Waals surface area contributed by atoms with E-state index in [0.29, 0.717) is 13.1 Å². The Morgan fingerprint density at radius 2 is 1.77 bits per heavy atom.